The van der Waals surface area contributed by atoms with Gasteiger partial charge in [-0.1, -0.05) is 12.1 Å². The number of thioether (sulfide) groups is 1. The number of carbonyl (C=O) groups excluding carboxylic acids is 1. The van der Waals surface area contributed by atoms with E-state index in [1.807, 2.05) is 0 Å². The summed E-state index contributed by atoms with van der Waals surface area (Å²) in [6, 6.07) is 5.65. The molecule has 0 aromatic heterocycles. The van der Waals surface area contributed by atoms with Crippen LogP contribution in [0.1, 0.15) is 5.56 Å². The van der Waals surface area contributed by atoms with Crippen molar-refractivity contribution in [2.24, 2.45) is 5.73 Å². The summed E-state index contributed by atoms with van der Waals surface area (Å²) in [5.41, 5.74) is 6.58. The Morgan fingerprint density at radius 1 is 1.47 bits per heavy atom. The average Bonchev–Trinajstić information content (AvgIpc) is 2.38. The summed E-state index contributed by atoms with van der Waals surface area (Å²) in [4.78, 5) is 21.1. The molecular formula is C11H15ClN2O4S. The topological polar surface area (TPSA) is 95.5 Å². The summed E-state index contributed by atoms with van der Waals surface area (Å²) < 4.78 is 4.50. The molecule has 6 nitrogen and oxygen atoms in total. The van der Waals surface area contributed by atoms with Gasteiger partial charge in [0.2, 0.25) is 0 Å². The molecule has 0 bridgehead atoms. The van der Waals surface area contributed by atoms with Gasteiger partial charge in [-0.2, -0.15) is 11.8 Å². The van der Waals surface area contributed by atoms with Crippen LogP contribution in [0.5, 0.6) is 0 Å². The van der Waals surface area contributed by atoms with E-state index in [9.17, 15) is 14.9 Å². The number of benzene rings is 1. The third-order valence-corrected chi connectivity index (χ3v) is 3.35. The van der Waals surface area contributed by atoms with Crippen LogP contribution in [0.3, 0.4) is 0 Å². The second kappa shape index (κ2) is 8.73. The van der Waals surface area contributed by atoms with Gasteiger partial charge in [0.15, 0.2) is 0 Å². The predicted molar refractivity (Wildman–Crippen MR) is 76.5 cm³/mol. The van der Waals surface area contributed by atoms with Crippen LogP contribution < -0.4 is 5.73 Å². The number of halogens is 1. The van der Waals surface area contributed by atoms with Gasteiger partial charge in [0, 0.05) is 23.6 Å². The molecule has 0 fully saturated rings. The largest absolute Gasteiger partial charge is 0.468 e. The number of ether oxygens (including phenoxy) is 1. The minimum atomic E-state index is -0.641. The highest BCUT2D eigenvalue weighted by atomic mass is 35.5. The van der Waals surface area contributed by atoms with Crippen molar-refractivity contribution in [3.8, 4) is 0 Å². The fourth-order valence-corrected chi connectivity index (χ4v) is 2.17. The van der Waals surface area contributed by atoms with E-state index < -0.39 is 16.9 Å². The molecule has 0 unspecified atom stereocenters. The molecule has 0 aliphatic rings. The molecule has 1 aromatic carbocycles. The molecule has 0 radical (unpaired) electrons. The zero-order valence-corrected chi connectivity index (χ0v) is 11.9. The molecule has 0 aliphatic heterocycles. The van der Waals surface area contributed by atoms with Gasteiger partial charge in [-0.25, -0.2) is 0 Å². The number of nitro benzene ring substituents is 1. The standard InChI is InChI=1S/C11H14N2O4S.ClH/c1-17-11(14)10(12)7-18-6-8-2-4-9(5-3-8)13(15)16;/h2-5,10H,6-7,12H2,1H3;1H/t10-;/m0./s1. The Bertz CT molecular complexity index is 427. The molecule has 0 saturated carbocycles. The van der Waals surface area contributed by atoms with E-state index in [4.69, 9.17) is 5.73 Å². The van der Waals surface area contributed by atoms with Crippen LogP contribution in [-0.2, 0) is 15.3 Å². The van der Waals surface area contributed by atoms with Crippen molar-refractivity contribution in [2.75, 3.05) is 12.9 Å². The molecule has 0 heterocycles. The molecular weight excluding hydrogens is 292 g/mol. The lowest BCUT2D eigenvalue weighted by molar-refractivity contribution is -0.384. The van der Waals surface area contributed by atoms with E-state index in [-0.39, 0.29) is 18.1 Å². The van der Waals surface area contributed by atoms with Crippen LogP contribution in [0.2, 0.25) is 0 Å². The molecule has 0 saturated heterocycles. The Balaban J connectivity index is 0.00000324. The third kappa shape index (κ3) is 5.91. The quantitative estimate of drug-likeness (QED) is 0.489. The first kappa shape index (κ1) is 17.7. The zero-order valence-electron chi connectivity index (χ0n) is 10.3. The molecule has 1 rings (SSSR count). The maximum absolute atomic E-state index is 11.0. The lowest BCUT2D eigenvalue weighted by Crippen LogP contribution is -2.33. The fraction of sp³-hybridized carbons (Fsp3) is 0.364. The van der Waals surface area contributed by atoms with Crippen molar-refractivity contribution in [2.45, 2.75) is 11.8 Å². The number of nitro groups is 1. The molecule has 19 heavy (non-hydrogen) atoms. The van der Waals surface area contributed by atoms with Crippen molar-refractivity contribution in [1.29, 1.82) is 0 Å². The normalized spacial score (nSPS) is 11.3. The summed E-state index contributed by atoms with van der Waals surface area (Å²) in [5.74, 6) is 0.651. The molecule has 2 N–H and O–H groups in total. The van der Waals surface area contributed by atoms with E-state index in [0.717, 1.165) is 5.56 Å². The Kier molecular flexibility index (Phi) is 8.13. The Hall–Kier alpha value is -1.31. The van der Waals surface area contributed by atoms with Gasteiger partial charge in [0.05, 0.1) is 12.0 Å². The van der Waals surface area contributed by atoms with E-state index in [1.54, 1.807) is 12.1 Å². The van der Waals surface area contributed by atoms with Crippen molar-refractivity contribution in [1.82, 2.24) is 0 Å². The number of non-ortho nitro benzene ring substituents is 1. The van der Waals surface area contributed by atoms with Crippen LogP contribution in [0, 0.1) is 10.1 Å². The second-order valence-corrected chi connectivity index (χ2v) is 4.60. The van der Waals surface area contributed by atoms with E-state index in [0.29, 0.717) is 11.5 Å². The highest BCUT2D eigenvalue weighted by Crippen LogP contribution is 2.17. The van der Waals surface area contributed by atoms with Gasteiger partial charge in [-0.15, -0.1) is 12.4 Å². The number of nitrogens with zero attached hydrogens (tertiary/aromatic N) is 1. The first-order valence-electron chi connectivity index (χ1n) is 5.19. The van der Waals surface area contributed by atoms with E-state index in [2.05, 4.69) is 4.74 Å². The number of carbonyl (C=O) groups is 1. The van der Waals surface area contributed by atoms with Gasteiger partial charge in [-0.3, -0.25) is 14.9 Å². The minimum absolute atomic E-state index is 0. The molecule has 0 spiro atoms. The number of methoxy groups -OCH3 is 1. The van der Waals surface area contributed by atoms with Crippen molar-refractivity contribution < 1.29 is 14.5 Å². The lowest BCUT2D eigenvalue weighted by Gasteiger charge is -2.08. The predicted octanol–water partition coefficient (Wildman–Crippen LogP) is 1.75. The molecule has 0 amide bonds. The maximum atomic E-state index is 11.0. The summed E-state index contributed by atoms with van der Waals surface area (Å²) in [7, 11) is 1.29. The smallest absolute Gasteiger partial charge is 0.323 e. The van der Waals surface area contributed by atoms with Gasteiger partial charge in [0.25, 0.3) is 5.69 Å². The third-order valence-electron chi connectivity index (χ3n) is 2.22. The first-order valence-corrected chi connectivity index (χ1v) is 6.34. The molecule has 0 aliphatic carbocycles. The highest BCUT2D eigenvalue weighted by Gasteiger charge is 2.13. The van der Waals surface area contributed by atoms with Gasteiger partial charge in [0.1, 0.15) is 6.04 Å². The van der Waals surface area contributed by atoms with Crippen LogP contribution >= 0.6 is 24.2 Å². The van der Waals surface area contributed by atoms with Crippen LogP contribution in [0.25, 0.3) is 0 Å². The molecule has 106 valence electrons. The SMILES string of the molecule is COC(=O)[C@@H](N)CSCc1ccc([N+](=O)[O-])cc1.Cl. The highest BCUT2D eigenvalue weighted by molar-refractivity contribution is 7.98. The second-order valence-electron chi connectivity index (χ2n) is 3.57. The number of hydrogen-bond donors (Lipinski definition) is 1. The Labute approximate surface area is 121 Å². The number of rotatable bonds is 6. The average molecular weight is 307 g/mol. The zero-order chi connectivity index (χ0) is 13.5. The van der Waals surface area contributed by atoms with Gasteiger partial charge >= 0.3 is 5.97 Å². The van der Waals surface area contributed by atoms with Crippen molar-refractivity contribution in [3.63, 3.8) is 0 Å². The summed E-state index contributed by atoms with van der Waals surface area (Å²) in [6.07, 6.45) is 0. The molecule has 1 aromatic rings. The molecule has 8 heteroatoms. The van der Waals surface area contributed by atoms with Gasteiger partial charge < -0.3 is 10.5 Å². The summed E-state index contributed by atoms with van der Waals surface area (Å²) in [5, 5.41) is 10.5. The summed E-state index contributed by atoms with van der Waals surface area (Å²) in [6.45, 7) is 0. The number of nitrogens with two attached hydrogens (primary N) is 1. The maximum Gasteiger partial charge on any atom is 0.323 e. The summed E-state index contributed by atoms with van der Waals surface area (Å²) >= 11 is 1.48. The fourth-order valence-electron chi connectivity index (χ4n) is 1.24. The van der Waals surface area contributed by atoms with Crippen LogP contribution in [0.15, 0.2) is 24.3 Å². The van der Waals surface area contributed by atoms with E-state index >= 15 is 0 Å². The van der Waals surface area contributed by atoms with Crippen molar-refractivity contribution >= 4 is 35.8 Å². The Morgan fingerprint density at radius 3 is 2.53 bits per heavy atom. The Morgan fingerprint density at radius 2 is 2.05 bits per heavy atom. The van der Waals surface area contributed by atoms with Gasteiger partial charge in [-0.05, 0) is 5.56 Å². The van der Waals surface area contributed by atoms with Crippen LogP contribution in [0.4, 0.5) is 5.69 Å². The number of esters is 1. The lowest BCUT2D eigenvalue weighted by atomic mass is 10.2. The molecule has 1 atom stereocenters. The van der Waals surface area contributed by atoms with Crippen molar-refractivity contribution in [3.05, 3.63) is 39.9 Å². The minimum Gasteiger partial charge on any atom is -0.468 e. The number of hydrogen-bond acceptors (Lipinski definition) is 6. The van der Waals surface area contributed by atoms with Crippen LogP contribution in [-0.4, -0.2) is 29.8 Å². The van der Waals surface area contributed by atoms with E-state index in [1.165, 1.54) is 31.0 Å². The monoisotopic (exact) mass is 306 g/mol. The first-order chi connectivity index (χ1) is 8.54.